The van der Waals surface area contributed by atoms with Gasteiger partial charge in [0.25, 0.3) is 0 Å². The number of anilines is 1. The van der Waals surface area contributed by atoms with E-state index in [4.69, 9.17) is 16.3 Å². The van der Waals surface area contributed by atoms with Crippen molar-refractivity contribution in [3.63, 3.8) is 0 Å². The maximum atomic E-state index is 12.3. The van der Waals surface area contributed by atoms with Crippen LogP contribution in [0.1, 0.15) is 25.8 Å². The molecule has 2 rings (SSSR count). The van der Waals surface area contributed by atoms with Gasteiger partial charge in [-0.2, -0.15) is 0 Å². The van der Waals surface area contributed by atoms with Crippen molar-refractivity contribution in [1.82, 2.24) is 15.1 Å². The molecular formula is C20H30ClN5O3. The predicted octanol–water partition coefficient (Wildman–Crippen LogP) is 2.72. The van der Waals surface area contributed by atoms with E-state index in [0.717, 1.165) is 18.1 Å². The monoisotopic (exact) mass is 423 g/mol. The summed E-state index contributed by atoms with van der Waals surface area (Å²) in [6, 6.07) is 5.43. The minimum atomic E-state index is -0.276. The van der Waals surface area contributed by atoms with Crippen LogP contribution in [0.25, 0.3) is 0 Å². The number of halogens is 1. The Morgan fingerprint density at radius 3 is 2.52 bits per heavy atom. The SMILES string of the molecule is CCNC(=NCCC(=O)Nc1cccc(Cl)c1C)N1CCN(C(=O)OCC)CC1. The second-order valence-corrected chi connectivity index (χ2v) is 7.03. The Morgan fingerprint density at radius 1 is 1.17 bits per heavy atom. The van der Waals surface area contributed by atoms with Crippen LogP contribution < -0.4 is 10.6 Å². The number of aliphatic imine (C=N–C) groups is 1. The third-order valence-electron chi connectivity index (χ3n) is 4.58. The summed E-state index contributed by atoms with van der Waals surface area (Å²) in [7, 11) is 0. The molecule has 0 bridgehead atoms. The first-order valence-corrected chi connectivity index (χ1v) is 10.3. The molecule has 1 aromatic carbocycles. The number of hydrogen-bond donors (Lipinski definition) is 2. The van der Waals surface area contributed by atoms with Gasteiger partial charge in [-0.15, -0.1) is 0 Å². The Labute approximate surface area is 177 Å². The van der Waals surface area contributed by atoms with Gasteiger partial charge in [0.1, 0.15) is 0 Å². The lowest BCUT2D eigenvalue weighted by Gasteiger charge is -2.35. The summed E-state index contributed by atoms with van der Waals surface area (Å²) in [5.74, 6) is 0.643. The summed E-state index contributed by atoms with van der Waals surface area (Å²) in [4.78, 5) is 32.5. The third-order valence-corrected chi connectivity index (χ3v) is 4.99. The Morgan fingerprint density at radius 2 is 1.86 bits per heavy atom. The van der Waals surface area contributed by atoms with E-state index in [1.807, 2.05) is 26.0 Å². The van der Waals surface area contributed by atoms with Crippen LogP contribution in [-0.4, -0.2) is 73.6 Å². The van der Waals surface area contributed by atoms with Crippen molar-refractivity contribution in [3.8, 4) is 0 Å². The smallest absolute Gasteiger partial charge is 0.409 e. The summed E-state index contributed by atoms with van der Waals surface area (Å²) in [5, 5.41) is 6.76. The van der Waals surface area contributed by atoms with Crippen LogP contribution in [0, 0.1) is 6.92 Å². The second kappa shape index (κ2) is 11.5. The molecule has 0 aromatic heterocycles. The van der Waals surface area contributed by atoms with Gasteiger partial charge in [-0.1, -0.05) is 17.7 Å². The van der Waals surface area contributed by atoms with E-state index < -0.39 is 0 Å². The molecule has 9 heteroatoms. The topological polar surface area (TPSA) is 86.3 Å². The number of benzene rings is 1. The molecule has 1 saturated heterocycles. The van der Waals surface area contributed by atoms with Gasteiger partial charge in [0.15, 0.2) is 5.96 Å². The number of carbonyl (C=O) groups excluding carboxylic acids is 2. The zero-order chi connectivity index (χ0) is 21.2. The molecule has 0 saturated carbocycles. The number of amides is 2. The molecule has 0 spiro atoms. The first kappa shape index (κ1) is 22.8. The van der Waals surface area contributed by atoms with Gasteiger partial charge < -0.3 is 25.2 Å². The van der Waals surface area contributed by atoms with Gasteiger partial charge in [0.2, 0.25) is 5.91 Å². The Balaban J connectivity index is 1.86. The van der Waals surface area contributed by atoms with Crippen LogP contribution in [0.5, 0.6) is 0 Å². The van der Waals surface area contributed by atoms with Crippen LogP contribution in [0.3, 0.4) is 0 Å². The molecule has 1 aromatic rings. The predicted molar refractivity (Wildman–Crippen MR) is 116 cm³/mol. The van der Waals surface area contributed by atoms with Gasteiger partial charge in [0, 0.05) is 49.9 Å². The second-order valence-electron chi connectivity index (χ2n) is 6.62. The van der Waals surface area contributed by atoms with Crippen molar-refractivity contribution < 1.29 is 14.3 Å². The zero-order valence-corrected chi connectivity index (χ0v) is 18.1. The number of nitrogens with zero attached hydrogens (tertiary/aromatic N) is 3. The average molecular weight is 424 g/mol. The van der Waals surface area contributed by atoms with E-state index in [9.17, 15) is 9.59 Å². The molecule has 29 heavy (non-hydrogen) atoms. The maximum absolute atomic E-state index is 12.3. The van der Waals surface area contributed by atoms with E-state index >= 15 is 0 Å². The molecule has 1 heterocycles. The third kappa shape index (κ3) is 6.81. The molecule has 1 fully saturated rings. The Bertz CT molecular complexity index is 733. The molecule has 0 atom stereocenters. The van der Waals surface area contributed by atoms with Crippen molar-refractivity contribution in [2.24, 2.45) is 4.99 Å². The van der Waals surface area contributed by atoms with Crippen LogP contribution >= 0.6 is 11.6 Å². The zero-order valence-electron chi connectivity index (χ0n) is 17.3. The number of guanidine groups is 1. The quantitative estimate of drug-likeness (QED) is 0.542. The van der Waals surface area contributed by atoms with Gasteiger partial charge in [0.05, 0.1) is 13.2 Å². The van der Waals surface area contributed by atoms with Crippen molar-refractivity contribution in [1.29, 1.82) is 0 Å². The molecule has 2 N–H and O–H groups in total. The van der Waals surface area contributed by atoms with E-state index in [1.54, 1.807) is 17.9 Å². The maximum Gasteiger partial charge on any atom is 0.409 e. The highest BCUT2D eigenvalue weighted by Crippen LogP contribution is 2.22. The van der Waals surface area contributed by atoms with E-state index in [1.165, 1.54) is 0 Å². The summed E-state index contributed by atoms with van der Waals surface area (Å²) in [5.41, 5.74) is 1.56. The highest BCUT2D eigenvalue weighted by Gasteiger charge is 2.23. The van der Waals surface area contributed by atoms with Gasteiger partial charge >= 0.3 is 6.09 Å². The van der Waals surface area contributed by atoms with E-state index in [0.29, 0.717) is 50.0 Å². The van der Waals surface area contributed by atoms with Crippen molar-refractivity contribution in [2.45, 2.75) is 27.2 Å². The van der Waals surface area contributed by atoms with Crippen LogP contribution in [0.2, 0.25) is 5.02 Å². The fourth-order valence-corrected chi connectivity index (χ4v) is 3.13. The van der Waals surface area contributed by atoms with Gasteiger partial charge in [-0.05, 0) is 38.5 Å². The van der Waals surface area contributed by atoms with Gasteiger partial charge in [-0.3, -0.25) is 9.79 Å². The number of hydrogen-bond acceptors (Lipinski definition) is 4. The molecular weight excluding hydrogens is 394 g/mol. The number of rotatable bonds is 6. The lowest BCUT2D eigenvalue weighted by Crippen LogP contribution is -2.54. The van der Waals surface area contributed by atoms with E-state index in [2.05, 4.69) is 20.5 Å². The molecule has 0 aliphatic carbocycles. The average Bonchev–Trinajstić information content (AvgIpc) is 2.71. The number of piperazine rings is 1. The minimum Gasteiger partial charge on any atom is -0.450 e. The highest BCUT2D eigenvalue weighted by molar-refractivity contribution is 6.31. The molecule has 1 aliphatic rings. The number of ether oxygens (including phenoxy) is 1. The van der Waals surface area contributed by atoms with Crippen molar-refractivity contribution in [2.75, 3.05) is 51.2 Å². The molecule has 1 aliphatic heterocycles. The molecule has 0 radical (unpaired) electrons. The first-order valence-electron chi connectivity index (χ1n) is 9.96. The number of carbonyl (C=O) groups is 2. The highest BCUT2D eigenvalue weighted by atomic mass is 35.5. The fourth-order valence-electron chi connectivity index (χ4n) is 2.96. The van der Waals surface area contributed by atoms with Crippen LogP contribution in [0.4, 0.5) is 10.5 Å². The number of nitrogens with one attached hydrogen (secondary N) is 2. The van der Waals surface area contributed by atoms with Crippen molar-refractivity contribution >= 4 is 35.2 Å². The molecule has 2 amide bonds. The summed E-state index contributed by atoms with van der Waals surface area (Å²) < 4.78 is 5.05. The standard InChI is InChI=1S/C20H30ClN5O3/c1-4-22-19(25-11-13-26(14-12-25)20(28)29-5-2)23-10-9-18(27)24-17-8-6-7-16(21)15(17)3/h6-8H,4-5,9-14H2,1-3H3,(H,22,23)(H,24,27). The van der Waals surface area contributed by atoms with Crippen LogP contribution in [-0.2, 0) is 9.53 Å². The fraction of sp³-hybridized carbons (Fsp3) is 0.550. The molecule has 160 valence electrons. The minimum absolute atomic E-state index is 0.109. The molecule has 8 nitrogen and oxygen atoms in total. The van der Waals surface area contributed by atoms with Crippen molar-refractivity contribution in [3.05, 3.63) is 28.8 Å². The first-order chi connectivity index (χ1) is 14.0. The van der Waals surface area contributed by atoms with Crippen LogP contribution in [0.15, 0.2) is 23.2 Å². The van der Waals surface area contributed by atoms with Gasteiger partial charge in [-0.25, -0.2) is 4.79 Å². The Hall–Kier alpha value is -2.48. The lowest BCUT2D eigenvalue weighted by atomic mass is 10.2. The molecule has 0 unspecified atom stereocenters. The van der Waals surface area contributed by atoms with E-state index in [-0.39, 0.29) is 18.4 Å². The summed E-state index contributed by atoms with van der Waals surface area (Å²) >= 11 is 6.09. The largest absolute Gasteiger partial charge is 0.450 e. The normalized spacial score (nSPS) is 14.6. The summed E-state index contributed by atoms with van der Waals surface area (Å²) in [6.07, 6.45) is -0.00836. The Kier molecular flexibility index (Phi) is 9.05. The lowest BCUT2D eigenvalue weighted by molar-refractivity contribution is -0.116. The summed E-state index contributed by atoms with van der Waals surface area (Å²) in [6.45, 7) is 9.63.